The van der Waals surface area contributed by atoms with Crippen LogP contribution in [-0.2, 0) is 22.0 Å². The third-order valence-electron chi connectivity index (χ3n) is 4.95. The summed E-state index contributed by atoms with van der Waals surface area (Å²) in [7, 11) is -4.27. The quantitative estimate of drug-likeness (QED) is 0.307. The highest BCUT2D eigenvalue weighted by atomic mass is 32.2. The number of rotatable bonds is 6. The van der Waals surface area contributed by atoms with Gasteiger partial charge < -0.3 is 9.50 Å². The number of hydrogen-bond donors (Lipinski definition) is 1. The lowest BCUT2D eigenvalue weighted by Crippen LogP contribution is -2.28. The van der Waals surface area contributed by atoms with Gasteiger partial charge in [0.1, 0.15) is 12.0 Å². The summed E-state index contributed by atoms with van der Waals surface area (Å²) in [5, 5.41) is 7.22. The molecule has 0 saturated heterocycles. The number of halogens is 3. The fourth-order valence-corrected chi connectivity index (χ4v) is 3.81. The number of fused-ring (bicyclic) bond motifs is 1. The molecule has 0 fully saturated rings. The first-order valence-corrected chi connectivity index (χ1v) is 11.6. The standard InChI is InChI=1S/C22H18F3N5O4S/c1-3-19(31)28-17-9-14-16(10-18(17)34-35(32,33)22(23,24)25)26-12-27-21(14)15-11-30(2)29-20(15)13-7-5-4-6-8-13/h4-12H,3H2,1-2H3,(H,28,31). The highest BCUT2D eigenvalue weighted by Crippen LogP contribution is 2.39. The number of carbonyl (C=O) groups excluding carboxylic acids is 1. The molecule has 2 heterocycles. The lowest BCUT2D eigenvalue weighted by atomic mass is 10.0. The zero-order chi connectivity index (χ0) is 25.4. The summed E-state index contributed by atoms with van der Waals surface area (Å²) in [5.41, 5.74) is -3.49. The molecule has 1 amide bonds. The van der Waals surface area contributed by atoms with Gasteiger partial charge in [-0.3, -0.25) is 9.48 Å². The zero-order valence-corrected chi connectivity index (χ0v) is 19.2. The Hall–Kier alpha value is -4.00. The van der Waals surface area contributed by atoms with E-state index in [-0.39, 0.29) is 17.6 Å². The predicted octanol–water partition coefficient (Wildman–Crippen LogP) is 4.27. The van der Waals surface area contributed by atoms with Crippen LogP contribution in [0.15, 0.2) is 55.0 Å². The Kier molecular flexibility index (Phi) is 6.19. The monoisotopic (exact) mass is 505 g/mol. The number of alkyl halides is 3. The smallest absolute Gasteiger partial charge is 0.374 e. The van der Waals surface area contributed by atoms with Crippen LogP contribution in [0.2, 0.25) is 0 Å². The van der Waals surface area contributed by atoms with Crippen LogP contribution >= 0.6 is 0 Å². The summed E-state index contributed by atoms with van der Waals surface area (Å²) in [4.78, 5) is 20.5. The number of amides is 1. The van der Waals surface area contributed by atoms with Crippen molar-refractivity contribution in [3.63, 3.8) is 0 Å². The molecule has 0 atom stereocenters. The Morgan fingerprint density at radius 1 is 1.11 bits per heavy atom. The number of nitrogens with one attached hydrogen (secondary N) is 1. The number of nitrogens with zero attached hydrogens (tertiary/aromatic N) is 4. The summed E-state index contributed by atoms with van der Waals surface area (Å²) in [5.74, 6) is -1.29. The van der Waals surface area contributed by atoms with Crippen molar-refractivity contribution < 1.29 is 30.6 Å². The van der Waals surface area contributed by atoms with Crippen LogP contribution in [0, 0.1) is 0 Å². The molecule has 4 rings (SSSR count). The van der Waals surface area contributed by atoms with E-state index in [0.717, 1.165) is 11.6 Å². The number of aromatic nitrogens is 4. The lowest BCUT2D eigenvalue weighted by Gasteiger charge is -2.15. The molecule has 0 bridgehead atoms. The van der Waals surface area contributed by atoms with Crippen LogP contribution in [0.1, 0.15) is 13.3 Å². The van der Waals surface area contributed by atoms with E-state index in [2.05, 4.69) is 24.6 Å². The lowest BCUT2D eigenvalue weighted by molar-refractivity contribution is -0.115. The first-order chi connectivity index (χ1) is 16.5. The Bertz CT molecular complexity index is 1520. The van der Waals surface area contributed by atoms with Crippen molar-refractivity contribution in [2.75, 3.05) is 5.32 Å². The van der Waals surface area contributed by atoms with Crippen LogP contribution in [0.4, 0.5) is 18.9 Å². The minimum absolute atomic E-state index is 0.0115. The Morgan fingerprint density at radius 2 is 1.83 bits per heavy atom. The average molecular weight is 505 g/mol. The molecule has 2 aromatic heterocycles. The number of anilines is 1. The van der Waals surface area contributed by atoms with Gasteiger partial charge in [0.05, 0.1) is 16.9 Å². The van der Waals surface area contributed by atoms with Crippen LogP contribution in [0.25, 0.3) is 33.4 Å². The van der Waals surface area contributed by atoms with Gasteiger partial charge in [-0.05, 0) is 6.07 Å². The van der Waals surface area contributed by atoms with Crippen LogP contribution < -0.4 is 9.50 Å². The first-order valence-electron chi connectivity index (χ1n) is 10.2. The Balaban J connectivity index is 1.93. The number of benzene rings is 2. The van der Waals surface area contributed by atoms with Gasteiger partial charge in [-0.15, -0.1) is 0 Å². The molecule has 9 nitrogen and oxygen atoms in total. The van der Waals surface area contributed by atoms with Gasteiger partial charge in [-0.1, -0.05) is 37.3 Å². The summed E-state index contributed by atoms with van der Waals surface area (Å²) >= 11 is 0. The molecule has 182 valence electrons. The van der Waals surface area contributed by atoms with Gasteiger partial charge in [0, 0.05) is 42.2 Å². The Morgan fingerprint density at radius 3 is 2.49 bits per heavy atom. The molecule has 35 heavy (non-hydrogen) atoms. The minimum atomic E-state index is -5.99. The van der Waals surface area contributed by atoms with E-state index in [1.807, 2.05) is 30.3 Å². The molecule has 0 aliphatic heterocycles. The molecule has 0 unspecified atom stereocenters. The fourth-order valence-electron chi connectivity index (χ4n) is 3.34. The number of aryl methyl sites for hydroxylation is 1. The number of hydrogen-bond acceptors (Lipinski definition) is 7. The van der Waals surface area contributed by atoms with Crippen molar-refractivity contribution >= 4 is 32.6 Å². The summed E-state index contributed by atoms with van der Waals surface area (Å²) in [6.45, 7) is 1.53. The van der Waals surface area contributed by atoms with E-state index in [4.69, 9.17) is 0 Å². The maximum atomic E-state index is 13.0. The van der Waals surface area contributed by atoms with Gasteiger partial charge in [-0.25, -0.2) is 9.97 Å². The van der Waals surface area contributed by atoms with E-state index < -0.39 is 27.3 Å². The largest absolute Gasteiger partial charge is 0.534 e. The van der Waals surface area contributed by atoms with Crippen molar-refractivity contribution in [2.24, 2.45) is 7.05 Å². The summed E-state index contributed by atoms with van der Waals surface area (Å²) in [6.07, 6.45) is 2.89. The fraction of sp³-hybridized carbons (Fsp3) is 0.182. The van der Waals surface area contributed by atoms with Crippen molar-refractivity contribution in [3.8, 4) is 28.3 Å². The second-order valence-electron chi connectivity index (χ2n) is 7.40. The second-order valence-corrected chi connectivity index (χ2v) is 8.94. The van der Waals surface area contributed by atoms with Gasteiger partial charge in [0.15, 0.2) is 5.75 Å². The van der Waals surface area contributed by atoms with Crippen LogP contribution in [0.3, 0.4) is 0 Å². The van der Waals surface area contributed by atoms with Gasteiger partial charge in [0.25, 0.3) is 0 Å². The van der Waals surface area contributed by atoms with E-state index in [1.54, 1.807) is 17.9 Å². The van der Waals surface area contributed by atoms with Crippen molar-refractivity contribution in [1.82, 2.24) is 19.7 Å². The van der Waals surface area contributed by atoms with Crippen molar-refractivity contribution in [3.05, 3.63) is 55.0 Å². The topological polar surface area (TPSA) is 116 Å². The molecule has 1 N–H and O–H groups in total. The Labute approximate surface area is 197 Å². The summed E-state index contributed by atoms with van der Waals surface area (Å²) < 4.78 is 68.1. The third-order valence-corrected chi connectivity index (χ3v) is 5.91. The molecular formula is C22H18F3N5O4S. The van der Waals surface area contributed by atoms with Gasteiger partial charge in [-0.2, -0.15) is 26.7 Å². The second kappa shape index (κ2) is 8.98. The highest BCUT2D eigenvalue weighted by Gasteiger charge is 2.49. The SMILES string of the molecule is CCC(=O)Nc1cc2c(-c3cn(C)nc3-c3ccccc3)ncnc2cc1OS(=O)(=O)C(F)(F)F. The number of carbonyl (C=O) groups is 1. The van der Waals surface area contributed by atoms with Crippen LogP contribution in [-0.4, -0.2) is 39.6 Å². The maximum absolute atomic E-state index is 13.0. The van der Waals surface area contributed by atoms with Crippen molar-refractivity contribution in [2.45, 2.75) is 18.9 Å². The first kappa shape index (κ1) is 24.1. The molecule has 0 aliphatic carbocycles. The van der Waals surface area contributed by atoms with Crippen LogP contribution in [0.5, 0.6) is 5.75 Å². The molecular weight excluding hydrogens is 487 g/mol. The molecule has 2 aromatic carbocycles. The van der Waals surface area contributed by atoms with Gasteiger partial charge >= 0.3 is 15.6 Å². The van der Waals surface area contributed by atoms with E-state index in [0.29, 0.717) is 22.3 Å². The van der Waals surface area contributed by atoms with Crippen molar-refractivity contribution in [1.29, 1.82) is 0 Å². The van der Waals surface area contributed by atoms with E-state index >= 15 is 0 Å². The molecule has 13 heteroatoms. The third kappa shape index (κ3) is 4.80. The highest BCUT2D eigenvalue weighted by molar-refractivity contribution is 7.88. The molecule has 0 spiro atoms. The minimum Gasteiger partial charge on any atom is -0.374 e. The molecule has 0 saturated carbocycles. The maximum Gasteiger partial charge on any atom is 0.534 e. The summed E-state index contributed by atoms with van der Waals surface area (Å²) in [6, 6.07) is 11.5. The van der Waals surface area contributed by atoms with E-state index in [9.17, 15) is 26.4 Å². The normalized spacial score (nSPS) is 12.0. The molecule has 0 radical (unpaired) electrons. The molecule has 0 aliphatic rings. The zero-order valence-electron chi connectivity index (χ0n) is 18.4. The predicted molar refractivity (Wildman–Crippen MR) is 122 cm³/mol. The van der Waals surface area contributed by atoms with Gasteiger partial charge in [0.2, 0.25) is 5.91 Å². The van der Waals surface area contributed by atoms with E-state index in [1.165, 1.54) is 19.3 Å². The molecule has 4 aromatic rings. The average Bonchev–Trinajstić information content (AvgIpc) is 3.20.